The summed E-state index contributed by atoms with van der Waals surface area (Å²) in [6, 6.07) is 0. The molecule has 52 valence electrons. The van der Waals surface area contributed by atoms with Crippen LogP contribution in [0.5, 0.6) is 0 Å². The van der Waals surface area contributed by atoms with Crippen LogP contribution in [0.25, 0.3) is 0 Å². The first kappa shape index (κ1) is 6.62. The van der Waals surface area contributed by atoms with Crippen LogP contribution < -0.4 is 0 Å². The minimum atomic E-state index is 0.245. The summed E-state index contributed by atoms with van der Waals surface area (Å²) in [5.74, 6) is 0.505. The first-order valence-corrected chi connectivity index (χ1v) is 3.15. The fourth-order valence-corrected chi connectivity index (χ4v) is 0.873. The van der Waals surface area contributed by atoms with E-state index < -0.39 is 0 Å². The van der Waals surface area contributed by atoms with E-state index in [0.717, 1.165) is 0 Å². The Morgan fingerprint density at radius 1 is 1.67 bits per heavy atom. The molecular weight excluding hydrogens is 116 g/mol. The molecule has 0 aliphatic carbocycles. The molecule has 0 aromatic heterocycles. The van der Waals surface area contributed by atoms with Crippen LogP contribution in [-0.2, 0) is 9.47 Å². The monoisotopic (exact) mass is 128 g/mol. The summed E-state index contributed by atoms with van der Waals surface area (Å²) >= 11 is 0. The molecule has 0 aromatic rings. The molecular formula is C7H12O2. The molecule has 1 heterocycles. The summed E-state index contributed by atoms with van der Waals surface area (Å²) in [6.45, 7) is 2.81. The summed E-state index contributed by atoms with van der Waals surface area (Å²) in [4.78, 5) is 0. The lowest BCUT2D eigenvalue weighted by molar-refractivity contribution is 0.0474. The Labute approximate surface area is 55.5 Å². The normalized spacial score (nSPS) is 32.7. The van der Waals surface area contributed by atoms with Crippen molar-refractivity contribution in [2.75, 3.05) is 13.7 Å². The molecule has 2 nitrogen and oxygen atoms in total. The van der Waals surface area contributed by atoms with Crippen LogP contribution in [0.4, 0.5) is 0 Å². The molecule has 1 aliphatic rings. The number of methoxy groups -OCH3 is 1. The number of rotatable bonds is 2. The molecule has 0 bridgehead atoms. The molecule has 0 aromatic carbocycles. The van der Waals surface area contributed by atoms with E-state index in [1.165, 1.54) is 0 Å². The third kappa shape index (κ3) is 1.45. The van der Waals surface area contributed by atoms with Crippen LogP contribution in [0, 0.1) is 5.92 Å². The molecule has 0 spiro atoms. The highest BCUT2D eigenvalue weighted by Gasteiger charge is 2.19. The van der Waals surface area contributed by atoms with Gasteiger partial charge in [0.05, 0.1) is 12.9 Å². The Hall–Kier alpha value is -0.500. The predicted octanol–water partition coefficient (Wildman–Crippen LogP) is 1.18. The van der Waals surface area contributed by atoms with Crippen molar-refractivity contribution in [3.8, 4) is 0 Å². The van der Waals surface area contributed by atoms with Crippen LogP contribution in [0.15, 0.2) is 12.3 Å². The standard InChI is InChI=1S/C7H12O2/c1-6-3-4-9-7(6)5-8-2/h3-4,6-7H,5H2,1-2H3. The van der Waals surface area contributed by atoms with E-state index in [1.807, 2.05) is 6.08 Å². The molecule has 2 heteroatoms. The molecule has 2 atom stereocenters. The summed E-state index contributed by atoms with van der Waals surface area (Å²) in [5, 5.41) is 0. The minimum absolute atomic E-state index is 0.245. The average Bonchev–Trinajstić information content (AvgIpc) is 2.18. The van der Waals surface area contributed by atoms with Crippen molar-refractivity contribution in [2.45, 2.75) is 13.0 Å². The summed E-state index contributed by atoms with van der Waals surface area (Å²) in [7, 11) is 1.69. The Bertz CT molecular complexity index is 109. The molecule has 0 saturated carbocycles. The lowest BCUT2D eigenvalue weighted by Gasteiger charge is -2.12. The second-order valence-electron chi connectivity index (χ2n) is 2.32. The zero-order valence-corrected chi connectivity index (χ0v) is 5.83. The lowest BCUT2D eigenvalue weighted by atomic mass is 10.1. The van der Waals surface area contributed by atoms with Gasteiger partial charge in [-0.3, -0.25) is 0 Å². The van der Waals surface area contributed by atoms with E-state index in [4.69, 9.17) is 9.47 Å². The van der Waals surface area contributed by atoms with E-state index in [-0.39, 0.29) is 6.10 Å². The highest BCUT2D eigenvalue weighted by atomic mass is 16.5. The Balaban J connectivity index is 2.28. The largest absolute Gasteiger partial charge is 0.495 e. The van der Waals surface area contributed by atoms with E-state index >= 15 is 0 Å². The van der Waals surface area contributed by atoms with Crippen LogP contribution in [0.2, 0.25) is 0 Å². The van der Waals surface area contributed by atoms with Gasteiger partial charge in [0.2, 0.25) is 0 Å². The molecule has 0 radical (unpaired) electrons. The highest BCUT2D eigenvalue weighted by molar-refractivity contribution is 4.92. The molecule has 2 unspecified atom stereocenters. The van der Waals surface area contributed by atoms with Crippen LogP contribution in [-0.4, -0.2) is 19.8 Å². The molecule has 0 fully saturated rings. The summed E-state index contributed by atoms with van der Waals surface area (Å²) in [6.07, 6.45) is 4.04. The maximum Gasteiger partial charge on any atom is 0.127 e. The fourth-order valence-electron chi connectivity index (χ4n) is 0.873. The van der Waals surface area contributed by atoms with E-state index in [2.05, 4.69) is 6.92 Å². The number of ether oxygens (including phenoxy) is 2. The zero-order chi connectivity index (χ0) is 6.69. The van der Waals surface area contributed by atoms with E-state index in [9.17, 15) is 0 Å². The van der Waals surface area contributed by atoms with Crippen molar-refractivity contribution in [2.24, 2.45) is 5.92 Å². The third-order valence-electron chi connectivity index (χ3n) is 1.55. The van der Waals surface area contributed by atoms with Gasteiger partial charge in [-0.2, -0.15) is 0 Å². The molecule has 0 saturated heterocycles. The summed E-state index contributed by atoms with van der Waals surface area (Å²) in [5.41, 5.74) is 0. The van der Waals surface area contributed by atoms with Crippen molar-refractivity contribution in [3.63, 3.8) is 0 Å². The van der Waals surface area contributed by atoms with Gasteiger partial charge in [0.25, 0.3) is 0 Å². The van der Waals surface area contributed by atoms with E-state index in [1.54, 1.807) is 13.4 Å². The van der Waals surface area contributed by atoms with Gasteiger partial charge in [-0.05, 0) is 6.08 Å². The van der Waals surface area contributed by atoms with Gasteiger partial charge in [0, 0.05) is 13.0 Å². The van der Waals surface area contributed by atoms with Crippen molar-refractivity contribution < 1.29 is 9.47 Å². The zero-order valence-electron chi connectivity index (χ0n) is 5.83. The van der Waals surface area contributed by atoms with Crippen molar-refractivity contribution >= 4 is 0 Å². The van der Waals surface area contributed by atoms with Crippen molar-refractivity contribution in [1.29, 1.82) is 0 Å². The first-order valence-electron chi connectivity index (χ1n) is 3.15. The van der Waals surface area contributed by atoms with E-state index in [0.29, 0.717) is 12.5 Å². The van der Waals surface area contributed by atoms with Gasteiger partial charge in [0.1, 0.15) is 6.10 Å². The maximum absolute atomic E-state index is 5.20. The van der Waals surface area contributed by atoms with Crippen molar-refractivity contribution in [3.05, 3.63) is 12.3 Å². The molecule has 9 heavy (non-hydrogen) atoms. The topological polar surface area (TPSA) is 18.5 Å². The van der Waals surface area contributed by atoms with Crippen LogP contribution in [0.3, 0.4) is 0 Å². The molecule has 1 aliphatic heterocycles. The second kappa shape index (κ2) is 2.87. The average molecular weight is 128 g/mol. The maximum atomic E-state index is 5.20. The number of hydrogen-bond donors (Lipinski definition) is 0. The Kier molecular flexibility index (Phi) is 2.11. The third-order valence-corrected chi connectivity index (χ3v) is 1.55. The van der Waals surface area contributed by atoms with Crippen LogP contribution in [0.1, 0.15) is 6.92 Å². The predicted molar refractivity (Wildman–Crippen MR) is 35.1 cm³/mol. The second-order valence-corrected chi connectivity index (χ2v) is 2.32. The van der Waals surface area contributed by atoms with Gasteiger partial charge in [-0.25, -0.2) is 0 Å². The van der Waals surface area contributed by atoms with Gasteiger partial charge in [0.15, 0.2) is 0 Å². The van der Waals surface area contributed by atoms with Gasteiger partial charge >= 0.3 is 0 Å². The molecule has 0 amide bonds. The lowest BCUT2D eigenvalue weighted by Crippen LogP contribution is -2.19. The Morgan fingerprint density at radius 2 is 2.44 bits per heavy atom. The SMILES string of the molecule is COCC1OC=CC1C. The molecule has 1 rings (SSSR count). The van der Waals surface area contributed by atoms with Gasteiger partial charge in [-0.1, -0.05) is 6.92 Å². The quantitative estimate of drug-likeness (QED) is 0.556. The summed E-state index contributed by atoms with van der Waals surface area (Å²) < 4.78 is 10.1. The Morgan fingerprint density at radius 3 is 2.89 bits per heavy atom. The first-order chi connectivity index (χ1) is 4.34. The van der Waals surface area contributed by atoms with Crippen molar-refractivity contribution in [1.82, 2.24) is 0 Å². The van der Waals surface area contributed by atoms with Gasteiger partial charge in [-0.15, -0.1) is 0 Å². The van der Waals surface area contributed by atoms with Crippen LogP contribution >= 0.6 is 0 Å². The minimum Gasteiger partial charge on any atom is -0.495 e. The number of hydrogen-bond acceptors (Lipinski definition) is 2. The molecule has 0 N–H and O–H groups in total. The van der Waals surface area contributed by atoms with Gasteiger partial charge < -0.3 is 9.47 Å². The smallest absolute Gasteiger partial charge is 0.127 e. The fraction of sp³-hybridized carbons (Fsp3) is 0.714. The highest BCUT2D eigenvalue weighted by Crippen LogP contribution is 2.16.